The average Bonchev–Trinajstić information content (AvgIpc) is 2.73. The van der Waals surface area contributed by atoms with Crippen LogP contribution in [0.4, 0.5) is 4.39 Å². The van der Waals surface area contributed by atoms with E-state index in [1.165, 1.54) is 11.0 Å². The van der Waals surface area contributed by atoms with E-state index in [0.29, 0.717) is 28.5 Å². The highest BCUT2D eigenvalue weighted by atomic mass is 19.1. The van der Waals surface area contributed by atoms with E-state index in [9.17, 15) is 18.8 Å². The lowest BCUT2D eigenvalue weighted by Gasteiger charge is -2.27. The summed E-state index contributed by atoms with van der Waals surface area (Å²) in [5.41, 5.74) is 1.41. The molecular formula is C23H19FN2O3. The van der Waals surface area contributed by atoms with Crippen molar-refractivity contribution in [2.45, 2.75) is 19.4 Å². The summed E-state index contributed by atoms with van der Waals surface area (Å²) in [5.74, 6) is -1.31. The van der Waals surface area contributed by atoms with E-state index < -0.39 is 0 Å². The summed E-state index contributed by atoms with van der Waals surface area (Å²) in [6, 6.07) is 17.0. The predicted octanol–water partition coefficient (Wildman–Crippen LogP) is 3.67. The second kappa shape index (κ2) is 7.83. The number of nitrogens with zero attached hydrogens (tertiary/aromatic N) is 1. The van der Waals surface area contributed by atoms with E-state index in [0.717, 1.165) is 5.39 Å². The van der Waals surface area contributed by atoms with Gasteiger partial charge in [-0.2, -0.15) is 0 Å². The highest BCUT2D eigenvalue weighted by Gasteiger charge is 2.32. The van der Waals surface area contributed by atoms with Crippen molar-refractivity contribution in [1.82, 2.24) is 10.2 Å². The van der Waals surface area contributed by atoms with Crippen LogP contribution in [0.5, 0.6) is 0 Å². The van der Waals surface area contributed by atoms with Gasteiger partial charge in [-0.25, -0.2) is 4.39 Å². The van der Waals surface area contributed by atoms with Crippen LogP contribution in [0.2, 0.25) is 0 Å². The summed E-state index contributed by atoms with van der Waals surface area (Å²) in [5, 5.41) is 4.20. The van der Waals surface area contributed by atoms with E-state index in [-0.39, 0.29) is 43.0 Å². The molecule has 0 unspecified atom stereocenters. The highest BCUT2D eigenvalue weighted by Crippen LogP contribution is 2.30. The summed E-state index contributed by atoms with van der Waals surface area (Å²) in [6.07, 6.45) is 0.468. The largest absolute Gasteiger partial charge is 0.352 e. The standard InChI is InChI=1S/C23H19FN2O3/c24-19-11-2-1-6-16(19)14-25-20(27)12-5-13-26-22(28)17-9-3-7-15-8-4-10-18(21(15)17)23(26)29/h1-4,6-11H,5,12-14H2,(H,25,27). The smallest absolute Gasteiger partial charge is 0.261 e. The third kappa shape index (κ3) is 3.61. The molecule has 0 radical (unpaired) electrons. The molecule has 1 aliphatic rings. The number of halogens is 1. The van der Waals surface area contributed by atoms with E-state index in [1.54, 1.807) is 42.5 Å². The molecular weight excluding hydrogens is 371 g/mol. The molecule has 5 nitrogen and oxygen atoms in total. The minimum absolute atomic E-state index is 0.0997. The van der Waals surface area contributed by atoms with Gasteiger partial charge < -0.3 is 5.32 Å². The molecule has 1 heterocycles. The maximum atomic E-state index is 13.6. The van der Waals surface area contributed by atoms with Crippen LogP contribution in [-0.4, -0.2) is 29.2 Å². The summed E-state index contributed by atoms with van der Waals surface area (Å²) in [4.78, 5) is 38.9. The zero-order chi connectivity index (χ0) is 20.4. The lowest BCUT2D eigenvalue weighted by Crippen LogP contribution is -2.41. The molecule has 0 fully saturated rings. The summed E-state index contributed by atoms with van der Waals surface area (Å²) >= 11 is 0. The first-order chi connectivity index (χ1) is 14.1. The number of amides is 3. The molecule has 1 N–H and O–H groups in total. The molecule has 0 bridgehead atoms. The SMILES string of the molecule is O=C(CCCN1C(=O)c2cccc3cccc(c23)C1=O)NCc1ccccc1F. The Kier molecular flexibility index (Phi) is 5.08. The molecule has 3 amide bonds. The van der Waals surface area contributed by atoms with Crippen molar-refractivity contribution in [3.8, 4) is 0 Å². The maximum Gasteiger partial charge on any atom is 0.261 e. The van der Waals surface area contributed by atoms with E-state index in [4.69, 9.17) is 0 Å². The third-order valence-corrected chi connectivity index (χ3v) is 5.08. The van der Waals surface area contributed by atoms with Crippen molar-refractivity contribution < 1.29 is 18.8 Å². The Morgan fingerprint density at radius 2 is 1.55 bits per heavy atom. The Labute approximate surface area is 167 Å². The molecule has 146 valence electrons. The molecule has 0 saturated heterocycles. The number of imide groups is 1. The molecule has 0 saturated carbocycles. The van der Waals surface area contributed by atoms with Crippen molar-refractivity contribution in [2.24, 2.45) is 0 Å². The van der Waals surface area contributed by atoms with Gasteiger partial charge in [-0.05, 0) is 30.0 Å². The molecule has 3 aromatic rings. The average molecular weight is 390 g/mol. The number of nitrogens with one attached hydrogen (secondary N) is 1. The molecule has 4 rings (SSSR count). The number of benzene rings is 3. The second-order valence-electron chi connectivity index (χ2n) is 6.94. The number of carbonyl (C=O) groups is 3. The zero-order valence-corrected chi connectivity index (χ0v) is 15.7. The van der Waals surface area contributed by atoms with Crippen LogP contribution in [0, 0.1) is 5.82 Å². The van der Waals surface area contributed by atoms with Gasteiger partial charge in [0.2, 0.25) is 5.91 Å². The van der Waals surface area contributed by atoms with Gasteiger partial charge in [-0.3, -0.25) is 19.3 Å². The maximum absolute atomic E-state index is 13.6. The number of hydrogen-bond acceptors (Lipinski definition) is 3. The summed E-state index contributed by atoms with van der Waals surface area (Å²) in [6.45, 7) is 0.248. The minimum Gasteiger partial charge on any atom is -0.352 e. The lowest BCUT2D eigenvalue weighted by molar-refractivity contribution is -0.121. The van der Waals surface area contributed by atoms with Gasteiger partial charge in [-0.15, -0.1) is 0 Å². The van der Waals surface area contributed by atoms with Crippen molar-refractivity contribution in [2.75, 3.05) is 6.54 Å². The van der Waals surface area contributed by atoms with Gasteiger partial charge in [0.1, 0.15) is 5.82 Å². The van der Waals surface area contributed by atoms with Gasteiger partial charge in [0.05, 0.1) is 0 Å². The molecule has 0 aliphatic carbocycles. The number of rotatable bonds is 6. The first-order valence-corrected chi connectivity index (χ1v) is 9.44. The number of carbonyl (C=O) groups excluding carboxylic acids is 3. The van der Waals surface area contributed by atoms with Crippen LogP contribution in [0.3, 0.4) is 0 Å². The summed E-state index contributed by atoms with van der Waals surface area (Å²) in [7, 11) is 0. The Morgan fingerprint density at radius 1 is 0.897 bits per heavy atom. The van der Waals surface area contributed by atoms with Crippen LogP contribution in [-0.2, 0) is 11.3 Å². The van der Waals surface area contributed by atoms with Crippen molar-refractivity contribution >= 4 is 28.5 Å². The fraction of sp³-hybridized carbons (Fsp3) is 0.174. The Balaban J connectivity index is 1.38. The molecule has 0 atom stereocenters. The molecule has 29 heavy (non-hydrogen) atoms. The van der Waals surface area contributed by atoms with E-state index in [2.05, 4.69) is 5.32 Å². The van der Waals surface area contributed by atoms with Gasteiger partial charge in [-0.1, -0.05) is 42.5 Å². The van der Waals surface area contributed by atoms with Crippen LogP contribution < -0.4 is 5.32 Å². The lowest BCUT2D eigenvalue weighted by atomic mass is 9.94. The molecule has 1 aliphatic heterocycles. The zero-order valence-electron chi connectivity index (χ0n) is 15.7. The molecule has 0 spiro atoms. The first kappa shape index (κ1) is 18.8. The topological polar surface area (TPSA) is 66.5 Å². The Morgan fingerprint density at radius 3 is 2.21 bits per heavy atom. The van der Waals surface area contributed by atoms with Gasteiger partial charge in [0, 0.05) is 41.6 Å². The number of hydrogen-bond donors (Lipinski definition) is 1. The van der Waals surface area contributed by atoms with E-state index >= 15 is 0 Å². The minimum atomic E-state index is -0.370. The molecule has 0 aromatic heterocycles. The van der Waals surface area contributed by atoms with E-state index in [1.807, 2.05) is 12.1 Å². The fourth-order valence-corrected chi connectivity index (χ4v) is 3.61. The van der Waals surface area contributed by atoms with Crippen molar-refractivity contribution in [1.29, 1.82) is 0 Å². The second-order valence-corrected chi connectivity index (χ2v) is 6.94. The molecule has 6 heteroatoms. The monoisotopic (exact) mass is 390 g/mol. The van der Waals surface area contributed by atoms with Crippen molar-refractivity contribution in [3.63, 3.8) is 0 Å². The van der Waals surface area contributed by atoms with Gasteiger partial charge in [0.15, 0.2) is 0 Å². The normalized spacial score (nSPS) is 13.1. The van der Waals surface area contributed by atoms with Crippen LogP contribution in [0.25, 0.3) is 10.8 Å². The van der Waals surface area contributed by atoms with Gasteiger partial charge >= 0.3 is 0 Å². The highest BCUT2D eigenvalue weighted by molar-refractivity contribution is 6.25. The van der Waals surface area contributed by atoms with Crippen molar-refractivity contribution in [3.05, 3.63) is 83.2 Å². The Hall–Kier alpha value is -3.54. The van der Waals surface area contributed by atoms with Crippen LogP contribution in [0.1, 0.15) is 39.1 Å². The van der Waals surface area contributed by atoms with Gasteiger partial charge in [0.25, 0.3) is 11.8 Å². The molecule has 3 aromatic carbocycles. The first-order valence-electron chi connectivity index (χ1n) is 9.44. The Bertz CT molecular complexity index is 1080. The van der Waals surface area contributed by atoms with Crippen LogP contribution in [0.15, 0.2) is 60.7 Å². The third-order valence-electron chi connectivity index (χ3n) is 5.08. The van der Waals surface area contributed by atoms with Crippen LogP contribution >= 0.6 is 0 Å². The quantitative estimate of drug-likeness (QED) is 0.653. The fourth-order valence-electron chi connectivity index (χ4n) is 3.61. The summed E-state index contributed by atoms with van der Waals surface area (Å²) < 4.78 is 13.6. The predicted molar refractivity (Wildman–Crippen MR) is 107 cm³/mol.